The van der Waals surface area contributed by atoms with E-state index in [1.54, 1.807) is 18.2 Å². The maximum Gasteiger partial charge on any atom is 0.243 e. The van der Waals surface area contributed by atoms with Crippen LogP contribution in [0.5, 0.6) is 5.75 Å². The zero-order chi connectivity index (χ0) is 15.1. The van der Waals surface area contributed by atoms with E-state index in [1.807, 2.05) is 13.8 Å². The minimum atomic E-state index is -0.302. The Bertz CT molecular complexity index is 489. The van der Waals surface area contributed by atoms with Crippen molar-refractivity contribution in [1.82, 2.24) is 5.32 Å². The number of carbonyl (C=O) groups is 2. The molecule has 2 amide bonds. The first-order valence-corrected chi connectivity index (χ1v) is 6.70. The van der Waals surface area contributed by atoms with Gasteiger partial charge < -0.3 is 15.4 Å². The highest BCUT2D eigenvalue weighted by Crippen LogP contribution is 2.27. The standard InChI is InChI=1S/C14H19ClN2O3/c1-9(2)6-13(18)16-8-14(19)17-10-4-5-12(20-3)11(15)7-10/h4-5,7,9H,6,8H2,1-3H3,(H,16,18)(H,17,19). The summed E-state index contributed by atoms with van der Waals surface area (Å²) >= 11 is 5.95. The molecule has 1 aromatic carbocycles. The van der Waals surface area contributed by atoms with Gasteiger partial charge in [-0.25, -0.2) is 0 Å². The first-order valence-electron chi connectivity index (χ1n) is 6.32. The first-order chi connectivity index (χ1) is 9.42. The quantitative estimate of drug-likeness (QED) is 0.847. The third-order valence-corrected chi connectivity index (χ3v) is 2.77. The fourth-order valence-corrected chi connectivity index (χ4v) is 1.83. The fraction of sp³-hybridized carbons (Fsp3) is 0.429. The summed E-state index contributed by atoms with van der Waals surface area (Å²) in [7, 11) is 1.52. The number of halogens is 1. The molecule has 0 bridgehead atoms. The smallest absolute Gasteiger partial charge is 0.243 e. The van der Waals surface area contributed by atoms with Crippen LogP contribution in [0, 0.1) is 5.92 Å². The minimum Gasteiger partial charge on any atom is -0.495 e. The molecule has 2 N–H and O–H groups in total. The van der Waals surface area contributed by atoms with Gasteiger partial charge >= 0.3 is 0 Å². The second kappa shape index (κ2) is 7.75. The lowest BCUT2D eigenvalue weighted by atomic mass is 10.1. The highest BCUT2D eigenvalue weighted by molar-refractivity contribution is 6.32. The summed E-state index contributed by atoms with van der Waals surface area (Å²) in [6.07, 6.45) is 0.404. The molecule has 0 atom stereocenters. The predicted molar refractivity (Wildman–Crippen MR) is 79.1 cm³/mol. The summed E-state index contributed by atoms with van der Waals surface area (Å²) in [6.45, 7) is 3.83. The van der Waals surface area contributed by atoms with Gasteiger partial charge in [0.05, 0.1) is 18.7 Å². The molecule has 0 aliphatic heterocycles. The number of hydrogen-bond donors (Lipinski definition) is 2. The summed E-state index contributed by atoms with van der Waals surface area (Å²) < 4.78 is 5.02. The van der Waals surface area contributed by atoms with E-state index in [4.69, 9.17) is 16.3 Å². The number of benzene rings is 1. The van der Waals surface area contributed by atoms with Crippen LogP contribution in [0.3, 0.4) is 0 Å². The number of methoxy groups -OCH3 is 1. The van der Waals surface area contributed by atoms with Gasteiger partial charge in [0.15, 0.2) is 0 Å². The van der Waals surface area contributed by atoms with E-state index < -0.39 is 0 Å². The molecule has 20 heavy (non-hydrogen) atoms. The molecule has 0 saturated carbocycles. The largest absolute Gasteiger partial charge is 0.495 e. The van der Waals surface area contributed by atoms with Crippen LogP contribution in [-0.2, 0) is 9.59 Å². The molecule has 0 saturated heterocycles. The molecule has 0 spiro atoms. The zero-order valence-electron chi connectivity index (χ0n) is 11.8. The van der Waals surface area contributed by atoms with Crippen molar-refractivity contribution in [3.05, 3.63) is 23.2 Å². The van der Waals surface area contributed by atoms with Gasteiger partial charge in [0, 0.05) is 12.1 Å². The van der Waals surface area contributed by atoms with Crippen LogP contribution in [0.4, 0.5) is 5.69 Å². The minimum absolute atomic E-state index is 0.0603. The van der Waals surface area contributed by atoms with Gasteiger partial charge in [0.2, 0.25) is 11.8 Å². The summed E-state index contributed by atoms with van der Waals surface area (Å²) in [6, 6.07) is 4.93. The molecule has 0 unspecified atom stereocenters. The highest BCUT2D eigenvalue weighted by atomic mass is 35.5. The molecule has 0 aliphatic rings. The monoisotopic (exact) mass is 298 g/mol. The lowest BCUT2D eigenvalue weighted by Gasteiger charge is -2.09. The van der Waals surface area contributed by atoms with Gasteiger partial charge in [-0.1, -0.05) is 25.4 Å². The summed E-state index contributed by atoms with van der Waals surface area (Å²) in [4.78, 5) is 23.1. The van der Waals surface area contributed by atoms with E-state index in [1.165, 1.54) is 7.11 Å². The molecule has 110 valence electrons. The van der Waals surface area contributed by atoms with Gasteiger partial charge in [0.25, 0.3) is 0 Å². The SMILES string of the molecule is COc1ccc(NC(=O)CNC(=O)CC(C)C)cc1Cl. The number of ether oxygens (including phenoxy) is 1. The number of rotatable bonds is 6. The Morgan fingerprint density at radius 3 is 2.55 bits per heavy atom. The third-order valence-electron chi connectivity index (χ3n) is 2.48. The van der Waals surface area contributed by atoms with Crippen LogP contribution in [0.1, 0.15) is 20.3 Å². The Morgan fingerprint density at radius 1 is 1.30 bits per heavy atom. The Labute approximate surface area is 123 Å². The molecule has 0 heterocycles. The van der Waals surface area contributed by atoms with Gasteiger partial charge in [-0.2, -0.15) is 0 Å². The summed E-state index contributed by atoms with van der Waals surface area (Å²) in [5, 5.41) is 5.62. The van der Waals surface area contributed by atoms with Crippen LogP contribution < -0.4 is 15.4 Å². The maximum absolute atomic E-state index is 11.7. The second-order valence-electron chi connectivity index (χ2n) is 4.77. The Balaban J connectivity index is 2.46. The maximum atomic E-state index is 11.7. The molecular formula is C14H19ClN2O3. The van der Waals surface area contributed by atoms with Crippen molar-refractivity contribution in [2.24, 2.45) is 5.92 Å². The summed E-state index contributed by atoms with van der Waals surface area (Å²) in [5.41, 5.74) is 0.555. The van der Waals surface area contributed by atoms with Crippen LogP contribution in [0.25, 0.3) is 0 Å². The number of hydrogen-bond acceptors (Lipinski definition) is 3. The van der Waals surface area contributed by atoms with Crippen molar-refractivity contribution in [2.45, 2.75) is 20.3 Å². The van der Waals surface area contributed by atoms with Crippen LogP contribution >= 0.6 is 11.6 Å². The zero-order valence-corrected chi connectivity index (χ0v) is 12.6. The average molecular weight is 299 g/mol. The molecule has 1 rings (SSSR count). The van der Waals surface area contributed by atoms with Crippen molar-refractivity contribution in [1.29, 1.82) is 0 Å². The molecule has 0 radical (unpaired) electrons. The molecular weight excluding hydrogens is 280 g/mol. The van der Waals surface area contributed by atoms with Crippen molar-refractivity contribution >= 4 is 29.1 Å². The Hall–Kier alpha value is -1.75. The molecule has 1 aromatic rings. The van der Waals surface area contributed by atoms with Crippen LogP contribution in [-0.4, -0.2) is 25.5 Å². The number of amides is 2. The van der Waals surface area contributed by atoms with Gasteiger partial charge in [-0.15, -0.1) is 0 Å². The highest BCUT2D eigenvalue weighted by Gasteiger charge is 2.08. The molecule has 0 aliphatic carbocycles. The normalized spacial score (nSPS) is 10.2. The summed E-state index contributed by atoms with van der Waals surface area (Å²) in [5.74, 6) is 0.361. The van der Waals surface area contributed by atoms with Crippen LogP contribution in [0.2, 0.25) is 5.02 Å². The third kappa shape index (κ3) is 5.48. The lowest BCUT2D eigenvalue weighted by Crippen LogP contribution is -2.33. The lowest BCUT2D eigenvalue weighted by molar-refractivity contribution is -0.124. The molecule has 5 nitrogen and oxygen atoms in total. The molecule has 0 fully saturated rings. The van der Waals surface area contributed by atoms with Crippen molar-refractivity contribution in [3.63, 3.8) is 0 Å². The van der Waals surface area contributed by atoms with Crippen LogP contribution in [0.15, 0.2) is 18.2 Å². The molecule has 0 aromatic heterocycles. The second-order valence-corrected chi connectivity index (χ2v) is 5.18. The topological polar surface area (TPSA) is 67.4 Å². The van der Waals surface area contributed by atoms with E-state index in [9.17, 15) is 9.59 Å². The average Bonchev–Trinajstić information content (AvgIpc) is 2.36. The van der Waals surface area contributed by atoms with Crippen molar-refractivity contribution in [3.8, 4) is 5.75 Å². The van der Waals surface area contributed by atoms with E-state index in [-0.39, 0.29) is 24.3 Å². The van der Waals surface area contributed by atoms with Gasteiger partial charge in [-0.3, -0.25) is 9.59 Å². The Kier molecular flexibility index (Phi) is 6.31. The predicted octanol–water partition coefficient (Wildman–Crippen LogP) is 2.45. The number of carbonyl (C=O) groups excluding carboxylic acids is 2. The van der Waals surface area contributed by atoms with Crippen molar-refractivity contribution in [2.75, 3.05) is 19.0 Å². The number of nitrogens with one attached hydrogen (secondary N) is 2. The van der Waals surface area contributed by atoms with E-state index in [0.29, 0.717) is 22.9 Å². The van der Waals surface area contributed by atoms with E-state index in [2.05, 4.69) is 10.6 Å². The Morgan fingerprint density at radius 2 is 2.00 bits per heavy atom. The molecule has 6 heteroatoms. The number of anilines is 1. The van der Waals surface area contributed by atoms with Crippen molar-refractivity contribution < 1.29 is 14.3 Å². The van der Waals surface area contributed by atoms with Gasteiger partial charge in [-0.05, 0) is 24.1 Å². The fourth-order valence-electron chi connectivity index (χ4n) is 1.57. The first kappa shape index (κ1) is 16.3. The van der Waals surface area contributed by atoms with Gasteiger partial charge in [0.1, 0.15) is 5.75 Å². The van der Waals surface area contributed by atoms with E-state index in [0.717, 1.165) is 0 Å². The van der Waals surface area contributed by atoms with E-state index >= 15 is 0 Å².